The third-order valence-corrected chi connectivity index (χ3v) is 4.70. The number of hydrogen-bond acceptors (Lipinski definition) is 2. The number of nitrogens with one attached hydrogen (secondary N) is 2. The molecule has 0 unspecified atom stereocenters. The first kappa shape index (κ1) is 18.2. The van der Waals surface area contributed by atoms with E-state index in [-0.39, 0.29) is 23.3 Å². The Kier molecular flexibility index (Phi) is 4.70. The van der Waals surface area contributed by atoms with E-state index in [0.29, 0.717) is 6.54 Å². The SMILES string of the molecule is NC(N)=NC(=O)c1ccc(C(=O)NCc2c3ccccc3cc3ccccc23)[nH]1. The fourth-order valence-electron chi connectivity index (χ4n) is 3.39. The molecule has 0 fully saturated rings. The standard InChI is InChI=1S/C22H19N5O2/c23-22(24)27-21(29)19-10-9-18(26-19)20(28)25-12-17-15-7-3-1-5-13(15)11-14-6-2-4-8-16(14)17/h1-11,26H,12H2,(H,25,28)(H4,23,24,27,29). The van der Waals surface area contributed by atoms with Gasteiger partial charge in [-0.15, -0.1) is 0 Å². The fraction of sp³-hybridized carbons (Fsp3) is 0.0455. The van der Waals surface area contributed by atoms with Crippen LogP contribution in [0.4, 0.5) is 0 Å². The van der Waals surface area contributed by atoms with Gasteiger partial charge in [0.2, 0.25) is 0 Å². The third kappa shape index (κ3) is 3.66. The van der Waals surface area contributed by atoms with Gasteiger partial charge in [-0.05, 0) is 45.3 Å². The van der Waals surface area contributed by atoms with Crippen molar-refractivity contribution in [2.45, 2.75) is 6.54 Å². The number of H-pyrrole nitrogens is 1. The van der Waals surface area contributed by atoms with Crippen molar-refractivity contribution in [3.05, 3.63) is 83.7 Å². The Morgan fingerprint density at radius 3 is 2.07 bits per heavy atom. The molecule has 4 aromatic rings. The molecule has 6 N–H and O–H groups in total. The first-order valence-corrected chi connectivity index (χ1v) is 9.03. The number of fused-ring (bicyclic) bond motifs is 2. The molecule has 4 rings (SSSR count). The second-order valence-electron chi connectivity index (χ2n) is 6.61. The highest BCUT2D eigenvalue weighted by Crippen LogP contribution is 2.28. The van der Waals surface area contributed by atoms with Crippen LogP contribution in [0.3, 0.4) is 0 Å². The zero-order chi connectivity index (χ0) is 20.4. The Morgan fingerprint density at radius 2 is 1.45 bits per heavy atom. The number of aromatic amines is 1. The lowest BCUT2D eigenvalue weighted by molar-refractivity contribution is 0.0947. The highest BCUT2D eigenvalue weighted by molar-refractivity contribution is 6.04. The molecular formula is C22H19N5O2. The summed E-state index contributed by atoms with van der Waals surface area (Å²) in [6.45, 7) is 0.344. The molecule has 7 nitrogen and oxygen atoms in total. The van der Waals surface area contributed by atoms with Crippen molar-refractivity contribution in [1.29, 1.82) is 0 Å². The minimum absolute atomic E-state index is 0.138. The van der Waals surface area contributed by atoms with Crippen LogP contribution in [0.25, 0.3) is 21.5 Å². The molecule has 0 radical (unpaired) electrons. The molecule has 7 heteroatoms. The number of hydrogen-bond donors (Lipinski definition) is 4. The summed E-state index contributed by atoms with van der Waals surface area (Å²) in [5.41, 5.74) is 11.9. The molecular weight excluding hydrogens is 366 g/mol. The van der Waals surface area contributed by atoms with E-state index in [4.69, 9.17) is 11.5 Å². The van der Waals surface area contributed by atoms with Gasteiger partial charge in [0.25, 0.3) is 11.8 Å². The normalized spacial score (nSPS) is 10.8. The molecule has 1 aromatic heterocycles. The summed E-state index contributed by atoms with van der Waals surface area (Å²) in [7, 11) is 0. The van der Waals surface area contributed by atoms with E-state index in [1.165, 1.54) is 12.1 Å². The average molecular weight is 385 g/mol. The molecule has 2 amide bonds. The lowest BCUT2D eigenvalue weighted by Gasteiger charge is -2.12. The number of amides is 2. The van der Waals surface area contributed by atoms with Crippen LogP contribution in [-0.4, -0.2) is 22.8 Å². The molecule has 3 aromatic carbocycles. The Balaban J connectivity index is 1.61. The molecule has 0 atom stereocenters. The van der Waals surface area contributed by atoms with Crippen LogP contribution in [0, 0.1) is 0 Å². The minimum Gasteiger partial charge on any atom is -0.370 e. The van der Waals surface area contributed by atoms with Crippen molar-refractivity contribution < 1.29 is 9.59 Å². The van der Waals surface area contributed by atoms with Gasteiger partial charge in [0.1, 0.15) is 11.4 Å². The molecule has 29 heavy (non-hydrogen) atoms. The quantitative estimate of drug-likeness (QED) is 0.245. The zero-order valence-corrected chi connectivity index (χ0v) is 15.5. The Labute approximate surface area is 166 Å². The van der Waals surface area contributed by atoms with Crippen molar-refractivity contribution >= 4 is 39.3 Å². The maximum atomic E-state index is 12.6. The van der Waals surface area contributed by atoms with Crippen molar-refractivity contribution in [2.75, 3.05) is 0 Å². The van der Waals surface area contributed by atoms with Crippen LogP contribution in [-0.2, 0) is 6.54 Å². The van der Waals surface area contributed by atoms with E-state index in [2.05, 4.69) is 33.5 Å². The molecule has 0 spiro atoms. The van der Waals surface area contributed by atoms with Crippen molar-refractivity contribution in [3.8, 4) is 0 Å². The highest BCUT2D eigenvalue weighted by atomic mass is 16.2. The second kappa shape index (κ2) is 7.47. The lowest BCUT2D eigenvalue weighted by atomic mass is 9.97. The number of benzene rings is 3. The van der Waals surface area contributed by atoms with Gasteiger partial charge in [0, 0.05) is 6.54 Å². The number of nitrogens with two attached hydrogens (primary N) is 2. The number of nitrogens with zero attached hydrogens (tertiary/aromatic N) is 1. The van der Waals surface area contributed by atoms with Gasteiger partial charge >= 0.3 is 0 Å². The van der Waals surface area contributed by atoms with E-state index >= 15 is 0 Å². The zero-order valence-electron chi connectivity index (χ0n) is 15.5. The molecule has 0 saturated carbocycles. The van der Waals surface area contributed by atoms with Gasteiger partial charge in [0.15, 0.2) is 5.96 Å². The Hall–Kier alpha value is -4.13. The second-order valence-corrected chi connectivity index (χ2v) is 6.61. The first-order valence-electron chi connectivity index (χ1n) is 9.03. The first-order chi connectivity index (χ1) is 14.0. The molecule has 0 saturated heterocycles. The summed E-state index contributed by atoms with van der Waals surface area (Å²) < 4.78 is 0. The molecule has 144 valence electrons. The van der Waals surface area contributed by atoms with Gasteiger partial charge < -0.3 is 21.8 Å². The summed E-state index contributed by atoms with van der Waals surface area (Å²) >= 11 is 0. The monoisotopic (exact) mass is 385 g/mol. The molecule has 0 aliphatic carbocycles. The molecule has 0 aliphatic rings. The van der Waals surface area contributed by atoms with Crippen molar-refractivity contribution in [3.63, 3.8) is 0 Å². The summed E-state index contributed by atoms with van der Waals surface area (Å²) in [4.78, 5) is 30.7. The highest BCUT2D eigenvalue weighted by Gasteiger charge is 2.14. The smallest absolute Gasteiger partial charge is 0.296 e. The number of aromatic nitrogens is 1. The predicted octanol–water partition coefficient (Wildman–Crippen LogP) is 2.66. The van der Waals surface area contributed by atoms with Crippen molar-refractivity contribution in [1.82, 2.24) is 10.3 Å². The molecule has 1 heterocycles. The van der Waals surface area contributed by atoms with E-state index in [9.17, 15) is 9.59 Å². The summed E-state index contributed by atoms with van der Waals surface area (Å²) in [5.74, 6) is -1.30. The van der Waals surface area contributed by atoms with Crippen LogP contribution >= 0.6 is 0 Å². The summed E-state index contributed by atoms with van der Waals surface area (Å²) in [5, 5.41) is 7.32. The topological polar surface area (TPSA) is 126 Å². The lowest BCUT2D eigenvalue weighted by Crippen LogP contribution is -2.25. The third-order valence-electron chi connectivity index (χ3n) is 4.70. The van der Waals surface area contributed by atoms with Crippen molar-refractivity contribution in [2.24, 2.45) is 16.5 Å². The van der Waals surface area contributed by atoms with E-state index < -0.39 is 5.91 Å². The number of carbonyl (C=O) groups excluding carboxylic acids is 2. The van der Waals surface area contributed by atoms with Gasteiger partial charge in [-0.1, -0.05) is 48.5 Å². The number of carbonyl (C=O) groups is 2. The largest absolute Gasteiger partial charge is 0.370 e. The van der Waals surface area contributed by atoms with Crippen LogP contribution in [0.15, 0.2) is 71.7 Å². The van der Waals surface area contributed by atoms with E-state index in [1.54, 1.807) is 0 Å². The molecule has 0 bridgehead atoms. The average Bonchev–Trinajstić information content (AvgIpc) is 3.21. The maximum Gasteiger partial charge on any atom is 0.296 e. The minimum atomic E-state index is -0.635. The number of rotatable bonds is 4. The fourth-order valence-corrected chi connectivity index (χ4v) is 3.39. The Morgan fingerprint density at radius 1 is 0.862 bits per heavy atom. The predicted molar refractivity (Wildman–Crippen MR) is 114 cm³/mol. The van der Waals surface area contributed by atoms with Gasteiger partial charge in [-0.25, -0.2) is 0 Å². The number of aliphatic imine (C=N–C) groups is 1. The number of guanidine groups is 1. The van der Waals surface area contributed by atoms with E-state index in [1.807, 2.05) is 36.4 Å². The van der Waals surface area contributed by atoms with Crippen LogP contribution in [0.1, 0.15) is 26.5 Å². The van der Waals surface area contributed by atoms with Crippen LogP contribution in [0.5, 0.6) is 0 Å². The van der Waals surface area contributed by atoms with E-state index in [0.717, 1.165) is 27.1 Å². The summed E-state index contributed by atoms with van der Waals surface area (Å²) in [6, 6.07) is 21.3. The van der Waals surface area contributed by atoms with Crippen LogP contribution in [0.2, 0.25) is 0 Å². The Bertz CT molecular complexity index is 1210. The van der Waals surface area contributed by atoms with Gasteiger partial charge in [-0.3, -0.25) is 9.59 Å². The summed E-state index contributed by atoms with van der Waals surface area (Å²) in [6.07, 6.45) is 0. The molecule has 0 aliphatic heterocycles. The van der Waals surface area contributed by atoms with Crippen LogP contribution < -0.4 is 16.8 Å². The van der Waals surface area contributed by atoms with Gasteiger partial charge in [-0.2, -0.15) is 4.99 Å². The maximum absolute atomic E-state index is 12.6. The van der Waals surface area contributed by atoms with Gasteiger partial charge in [0.05, 0.1) is 0 Å².